The van der Waals surface area contributed by atoms with Crippen molar-refractivity contribution in [3.8, 4) is 11.1 Å². The number of rotatable bonds is 6. The van der Waals surface area contributed by atoms with Crippen LogP contribution in [0.15, 0.2) is 54.6 Å². The Bertz CT molecular complexity index is 650. The molecule has 2 aromatic rings. The van der Waals surface area contributed by atoms with E-state index in [9.17, 15) is 4.79 Å². The third-order valence-corrected chi connectivity index (χ3v) is 4.68. The van der Waals surface area contributed by atoms with Crippen molar-refractivity contribution in [3.05, 3.63) is 60.2 Å². The van der Waals surface area contributed by atoms with Crippen LogP contribution in [0.1, 0.15) is 12.5 Å². The van der Waals surface area contributed by atoms with Crippen LogP contribution < -0.4 is 10.6 Å². The van der Waals surface area contributed by atoms with E-state index in [1.54, 1.807) is 0 Å². The summed E-state index contributed by atoms with van der Waals surface area (Å²) >= 11 is 0. The molecule has 0 bridgehead atoms. The first-order chi connectivity index (χ1) is 11.2. The molecule has 1 aliphatic heterocycles. The maximum Gasteiger partial charge on any atom is 0.223 e. The molecule has 2 N–H and O–H groups in total. The van der Waals surface area contributed by atoms with Gasteiger partial charge in [-0.15, -0.1) is 0 Å². The molecule has 1 heterocycles. The number of hydrogen-bond acceptors (Lipinski definition) is 2. The predicted octanol–water partition coefficient (Wildman–Crippen LogP) is 2.87. The van der Waals surface area contributed by atoms with Crippen LogP contribution in [0.3, 0.4) is 0 Å². The minimum Gasteiger partial charge on any atom is -0.356 e. The van der Waals surface area contributed by atoms with Gasteiger partial charge in [-0.3, -0.25) is 4.79 Å². The summed E-state index contributed by atoms with van der Waals surface area (Å²) in [7, 11) is 0. The zero-order valence-corrected chi connectivity index (χ0v) is 13.6. The van der Waals surface area contributed by atoms with E-state index in [1.165, 1.54) is 16.7 Å². The van der Waals surface area contributed by atoms with Gasteiger partial charge in [0.25, 0.3) is 0 Å². The molecule has 0 spiro atoms. The van der Waals surface area contributed by atoms with Crippen LogP contribution in [-0.4, -0.2) is 25.5 Å². The summed E-state index contributed by atoms with van der Waals surface area (Å²) in [5.74, 6) is 0.777. The lowest BCUT2D eigenvalue weighted by Gasteiger charge is -2.31. The van der Waals surface area contributed by atoms with Crippen LogP contribution in [0.4, 0.5) is 0 Å². The Balaban J connectivity index is 1.53. The first-order valence-corrected chi connectivity index (χ1v) is 8.37. The number of amides is 1. The van der Waals surface area contributed by atoms with E-state index in [4.69, 9.17) is 0 Å². The highest BCUT2D eigenvalue weighted by Crippen LogP contribution is 2.20. The second kappa shape index (κ2) is 7.42. The molecular weight excluding hydrogens is 284 g/mol. The van der Waals surface area contributed by atoms with Crippen LogP contribution in [0.2, 0.25) is 0 Å². The minimum absolute atomic E-state index is 0.104. The molecule has 1 amide bonds. The van der Waals surface area contributed by atoms with Crippen LogP contribution in [0.5, 0.6) is 0 Å². The van der Waals surface area contributed by atoms with E-state index >= 15 is 0 Å². The van der Waals surface area contributed by atoms with Gasteiger partial charge in [0.2, 0.25) is 5.91 Å². The molecule has 1 saturated heterocycles. The van der Waals surface area contributed by atoms with Gasteiger partial charge in [-0.2, -0.15) is 0 Å². The highest BCUT2D eigenvalue weighted by Gasteiger charge is 2.28. The Labute approximate surface area is 138 Å². The van der Waals surface area contributed by atoms with Gasteiger partial charge in [0.1, 0.15) is 0 Å². The molecule has 3 heteroatoms. The van der Waals surface area contributed by atoms with Gasteiger partial charge in [0.05, 0.1) is 0 Å². The van der Waals surface area contributed by atoms with E-state index in [0.717, 1.165) is 19.5 Å². The van der Waals surface area contributed by atoms with Gasteiger partial charge in [0.15, 0.2) is 0 Å². The van der Waals surface area contributed by atoms with Crippen molar-refractivity contribution in [1.29, 1.82) is 0 Å². The minimum atomic E-state index is 0.104. The average molecular weight is 308 g/mol. The maximum absolute atomic E-state index is 12.1. The van der Waals surface area contributed by atoms with Crippen molar-refractivity contribution in [1.82, 2.24) is 10.6 Å². The highest BCUT2D eigenvalue weighted by atomic mass is 16.1. The Hall–Kier alpha value is -2.13. The molecule has 2 aromatic carbocycles. The van der Waals surface area contributed by atoms with Gasteiger partial charge in [-0.05, 0) is 42.1 Å². The lowest BCUT2D eigenvalue weighted by Crippen LogP contribution is -2.49. The van der Waals surface area contributed by atoms with E-state index in [2.05, 4.69) is 59.2 Å². The Morgan fingerprint density at radius 3 is 2.57 bits per heavy atom. The molecule has 1 fully saturated rings. The molecule has 1 unspecified atom stereocenters. The third-order valence-electron chi connectivity index (χ3n) is 4.68. The summed E-state index contributed by atoms with van der Waals surface area (Å²) in [6.45, 7) is 4.65. The predicted molar refractivity (Wildman–Crippen MR) is 94.1 cm³/mol. The van der Waals surface area contributed by atoms with E-state index in [1.807, 2.05) is 13.0 Å². The Morgan fingerprint density at radius 1 is 1.13 bits per heavy atom. The van der Waals surface area contributed by atoms with Crippen LogP contribution in [0.25, 0.3) is 11.1 Å². The van der Waals surface area contributed by atoms with Gasteiger partial charge < -0.3 is 10.6 Å². The third kappa shape index (κ3) is 3.99. The van der Waals surface area contributed by atoms with Crippen molar-refractivity contribution in [2.24, 2.45) is 11.8 Å². The molecule has 0 aromatic heterocycles. The molecular formula is C20H24N2O. The summed E-state index contributed by atoms with van der Waals surface area (Å²) in [4.78, 5) is 12.1. The number of nitrogens with one attached hydrogen (secondary N) is 2. The molecule has 0 radical (unpaired) electrons. The molecule has 1 aliphatic rings. The monoisotopic (exact) mass is 308 g/mol. The lowest BCUT2D eigenvalue weighted by atomic mass is 9.88. The second-order valence-corrected chi connectivity index (χ2v) is 6.31. The molecule has 3 rings (SSSR count). The topological polar surface area (TPSA) is 41.1 Å². The molecule has 0 saturated carbocycles. The van der Waals surface area contributed by atoms with Crippen molar-refractivity contribution in [2.45, 2.75) is 13.3 Å². The first kappa shape index (κ1) is 15.8. The zero-order valence-electron chi connectivity index (χ0n) is 13.6. The second-order valence-electron chi connectivity index (χ2n) is 6.31. The lowest BCUT2D eigenvalue weighted by molar-refractivity contribution is -0.126. The van der Waals surface area contributed by atoms with Gasteiger partial charge >= 0.3 is 0 Å². The summed E-state index contributed by atoms with van der Waals surface area (Å²) in [5, 5.41) is 6.29. The van der Waals surface area contributed by atoms with Crippen LogP contribution in [0, 0.1) is 11.8 Å². The van der Waals surface area contributed by atoms with Gasteiger partial charge in [0, 0.05) is 12.5 Å². The average Bonchev–Trinajstić information content (AvgIpc) is 2.54. The van der Waals surface area contributed by atoms with Crippen molar-refractivity contribution in [2.75, 3.05) is 19.6 Å². The SMILES string of the molecule is CC(C(=O)NCCc1cccc(-c2ccccc2)c1)C1CNC1. The molecule has 23 heavy (non-hydrogen) atoms. The summed E-state index contributed by atoms with van der Waals surface area (Å²) in [6.07, 6.45) is 0.863. The van der Waals surface area contributed by atoms with Crippen molar-refractivity contribution >= 4 is 5.91 Å². The van der Waals surface area contributed by atoms with Crippen LogP contribution in [-0.2, 0) is 11.2 Å². The number of carbonyl (C=O) groups is 1. The van der Waals surface area contributed by atoms with Gasteiger partial charge in [-0.1, -0.05) is 61.5 Å². The first-order valence-electron chi connectivity index (χ1n) is 8.37. The zero-order chi connectivity index (χ0) is 16.1. The van der Waals surface area contributed by atoms with E-state index < -0.39 is 0 Å². The quantitative estimate of drug-likeness (QED) is 0.861. The van der Waals surface area contributed by atoms with Crippen molar-refractivity contribution < 1.29 is 4.79 Å². The smallest absolute Gasteiger partial charge is 0.223 e. The van der Waals surface area contributed by atoms with E-state index in [0.29, 0.717) is 12.5 Å². The maximum atomic E-state index is 12.1. The molecule has 0 aliphatic carbocycles. The largest absolute Gasteiger partial charge is 0.356 e. The Kier molecular flexibility index (Phi) is 5.09. The summed E-state index contributed by atoms with van der Waals surface area (Å²) in [6, 6.07) is 18.9. The fourth-order valence-electron chi connectivity index (χ4n) is 2.91. The highest BCUT2D eigenvalue weighted by molar-refractivity contribution is 5.78. The molecule has 3 nitrogen and oxygen atoms in total. The van der Waals surface area contributed by atoms with Crippen molar-refractivity contribution in [3.63, 3.8) is 0 Å². The molecule has 1 atom stereocenters. The Morgan fingerprint density at radius 2 is 1.87 bits per heavy atom. The van der Waals surface area contributed by atoms with E-state index in [-0.39, 0.29) is 11.8 Å². The fourth-order valence-corrected chi connectivity index (χ4v) is 2.91. The normalized spacial score (nSPS) is 15.7. The summed E-state index contributed by atoms with van der Waals surface area (Å²) in [5.41, 5.74) is 3.71. The van der Waals surface area contributed by atoms with Crippen LogP contribution >= 0.6 is 0 Å². The number of benzene rings is 2. The fraction of sp³-hybridized carbons (Fsp3) is 0.350. The standard InChI is InChI=1S/C20H24N2O/c1-15(19-13-21-14-19)20(23)22-11-10-16-6-5-9-18(12-16)17-7-3-2-4-8-17/h2-9,12,15,19,21H,10-11,13-14H2,1H3,(H,22,23). The number of hydrogen-bond donors (Lipinski definition) is 2. The molecule has 120 valence electrons. The number of carbonyl (C=O) groups excluding carboxylic acids is 1. The van der Waals surface area contributed by atoms with Gasteiger partial charge in [-0.25, -0.2) is 0 Å². The summed E-state index contributed by atoms with van der Waals surface area (Å²) < 4.78 is 0.